The maximum atomic E-state index is 12.2. The van der Waals surface area contributed by atoms with Gasteiger partial charge in [-0.3, -0.25) is 14.9 Å². The first kappa shape index (κ1) is 18.2. The summed E-state index contributed by atoms with van der Waals surface area (Å²) in [6, 6.07) is 6.17. The second-order valence-corrected chi connectivity index (χ2v) is 6.12. The van der Waals surface area contributed by atoms with E-state index in [-0.39, 0.29) is 22.8 Å². The molecule has 27 heavy (non-hydrogen) atoms. The van der Waals surface area contributed by atoms with Gasteiger partial charge < -0.3 is 13.7 Å². The average Bonchev–Trinajstić information content (AvgIpc) is 3.27. The van der Waals surface area contributed by atoms with E-state index in [0.29, 0.717) is 11.4 Å². The van der Waals surface area contributed by atoms with Gasteiger partial charge in [0.15, 0.2) is 17.1 Å². The molecule has 0 bridgehead atoms. The topological polar surface area (TPSA) is 112 Å². The number of non-ortho nitro benzene ring substituents is 1. The molecular formula is C18H18N4O5. The Labute approximate surface area is 154 Å². The fourth-order valence-electron chi connectivity index (χ4n) is 2.52. The number of nitrogens with zero attached hydrogens (tertiary/aromatic N) is 3. The Hall–Kier alpha value is -3.62. The molecule has 2 aromatic heterocycles. The lowest BCUT2D eigenvalue weighted by Crippen LogP contribution is -2.16. The van der Waals surface area contributed by atoms with Gasteiger partial charge in [0, 0.05) is 35.5 Å². The minimum Gasteiger partial charge on any atom is -0.493 e. The van der Waals surface area contributed by atoms with E-state index in [1.807, 2.05) is 23.0 Å². The quantitative estimate of drug-likeness (QED) is 0.405. The molecule has 2 heterocycles. The number of nitro groups is 1. The number of carbonyl (C=O) groups is 1. The summed E-state index contributed by atoms with van der Waals surface area (Å²) in [7, 11) is 1.37. The molecule has 140 valence electrons. The summed E-state index contributed by atoms with van der Waals surface area (Å²) >= 11 is 0. The first-order chi connectivity index (χ1) is 12.9. The third-order valence-electron chi connectivity index (χ3n) is 3.93. The fraction of sp³-hybridized carbons (Fsp3) is 0.222. The SMILES string of the molecule is COc1cc([N+](=O)[O-])cc2cc(C(=O)N/N=C\c3ccn(C(C)C)c3)oc12. The zero-order chi connectivity index (χ0) is 19.6. The Morgan fingerprint density at radius 2 is 2.19 bits per heavy atom. The number of ether oxygens (including phenoxy) is 1. The fourth-order valence-corrected chi connectivity index (χ4v) is 2.52. The zero-order valence-electron chi connectivity index (χ0n) is 15.0. The highest BCUT2D eigenvalue weighted by molar-refractivity contribution is 5.98. The molecule has 0 saturated carbocycles. The number of amides is 1. The van der Waals surface area contributed by atoms with Crippen molar-refractivity contribution in [2.75, 3.05) is 7.11 Å². The predicted molar refractivity (Wildman–Crippen MR) is 99.3 cm³/mol. The van der Waals surface area contributed by atoms with Crippen LogP contribution in [-0.4, -0.2) is 28.7 Å². The van der Waals surface area contributed by atoms with Crippen LogP contribution in [0.15, 0.2) is 46.2 Å². The number of methoxy groups -OCH3 is 1. The van der Waals surface area contributed by atoms with Crippen LogP contribution in [0.5, 0.6) is 5.75 Å². The highest BCUT2D eigenvalue weighted by atomic mass is 16.6. The normalized spacial score (nSPS) is 11.4. The summed E-state index contributed by atoms with van der Waals surface area (Å²) in [6.07, 6.45) is 5.35. The van der Waals surface area contributed by atoms with Crippen LogP contribution in [-0.2, 0) is 0 Å². The van der Waals surface area contributed by atoms with Gasteiger partial charge in [-0.2, -0.15) is 5.10 Å². The highest BCUT2D eigenvalue weighted by Crippen LogP contribution is 2.33. The molecule has 0 fully saturated rings. The maximum absolute atomic E-state index is 12.2. The van der Waals surface area contributed by atoms with E-state index in [1.165, 1.54) is 31.5 Å². The van der Waals surface area contributed by atoms with E-state index in [2.05, 4.69) is 24.4 Å². The van der Waals surface area contributed by atoms with Gasteiger partial charge >= 0.3 is 5.91 Å². The average molecular weight is 370 g/mol. The third kappa shape index (κ3) is 3.81. The van der Waals surface area contributed by atoms with E-state index >= 15 is 0 Å². The third-order valence-corrected chi connectivity index (χ3v) is 3.93. The van der Waals surface area contributed by atoms with Crippen LogP contribution in [0, 0.1) is 10.1 Å². The summed E-state index contributed by atoms with van der Waals surface area (Å²) < 4.78 is 12.6. The molecule has 3 aromatic rings. The Morgan fingerprint density at radius 3 is 2.81 bits per heavy atom. The van der Waals surface area contributed by atoms with Crippen molar-refractivity contribution >= 4 is 28.8 Å². The van der Waals surface area contributed by atoms with Crippen molar-refractivity contribution in [3.8, 4) is 5.75 Å². The van der Waals surface area contributed by atoms with E-state index < -0.39 is 10.8 Å². The summed E-state index contributed by atoms with van der Waals surface area (Å²) in [5.41, 5.74) is 3.32. The lowest BCUT2D eigenvalue weighted by atomic mass is 10.2. The molecule has 9 heteroatoms. The Morgan fingerprint density at radius 1 is 1.41 bits per heavy atom. The molecule has 3 rings (SSSR count). The Bertz CT molecular complexity index is 1030. The standard InChI is InChI=1S/C18H18N4O5/c1-11(2)21-5-4-12(10-21)9-19-20-18(23)16-7-13-6-14(22(24)25)8-15(26-3)17(13)27-16/h4-11H,1-3H3,(H,20,23)/b19-9-. The molecule has 1 amide bonds. The van der Waals surface area contributed by atoms with Crippen molar-refractivity contribution in [3.05, 3.63) is 58.1 Å². The highest BCUT2D eigenvalue weighted by Gasteiger charge is 2.19. The van der Waals surface area contributed by atoms with Gasteiger partial charge in [-0.05, 0) is 26.0 Å². The van der Waals surface area contributed by atoms with Crippen LogP contribution >= 0.6 is 0 Å². The summed E-state index contributed by atoms with van der Waals surface area (Å²) in [5.74, 6) is -0.423. The molecule has 9 nitrogen and oxygen atoms in total. The maximum Gasteiger partial charge on any atom is 0.307 e. The van der Waals surface area contributed by atoms with Gasteiger partial charge in [0.25, 0.3) is 5.69 Å². The number of carbonyl (C=O) groups excluding carboxylic acids is 1. The van der Waals surface area contributed by atoms with E-state index in [1.54, 1.807) is 0 Å². The number of fused-ring (bicyclic) bond motifs is 1. The van der Waals surface area contributed by atoms with Crippen molar-refractivity contribution in [2.45, 2.75) is 19.9 Å². The van der Waals surface area contributed by atoms with Crippen LogP contribution in [0.1, 0.15) is 36.0 Å². The molecule has 0 spiro atoms. The minimum absolute atomic E-state index is 0.0271. The number of nitrogens with one attached hydrogen (secondary N) is 1. The minimum atomic E-state index is -0.574. The number of aromatic nitrogens is 1. The van der Waals surface area contributed by atoms with Gasteiger partial charge in [0.05, 0.1) is 24.3 Å². The molecule has 1 N–H and O–H groups in total. The largest absolute Gasteiger partial charge is 0.493 e. The second-order valence-electron chi connectivity index (χ2n) is 6.12. The number of hydrogen-bond acceptors (Lipinski definition) is 6. The monoisotopic (exact) mass is 370 g/mol. The van der Waals surface area contributed by atoms with Crippen LogP contribution < -0.4 is 10.2 Å². The van der Waals surface area contributed by atoms with Gasteiger partial charge in [-0.1, -0.05) is 0 Å². The van der Waals surface area contributed by atoms with Gasteiger partial charge in [-0.25, -0.2) is 5.43 Å². The van der Waals surface area contributed by atoms with E-state index in [0.717, 1.165) is 5.56 Å². The van der Waals surface area contributed by atoms with Gasteiger partial charge in [0.1, 0.15) is 0 Å². The first-order valence-corrected chi connectivity index (χ1v) is 8.16. The molecule has 1 aromatic carbocycles. The molecule has 0 aliphatic carbocycles. The predicted octanol–water partition coefficient (Wildman–Crippen LogP) is 3.50. The smallest absolute Gasteiger partial charge is 0.307 e. The van der Waals surface area contributed by atoms with E-state index in [4.69, 9.17) is 9.15 Å². The number of rotatable bonds is 6. The molecule has 0 unspecified atom stereocenters. The van der Waals surface area contributed by atoms with Crippen molar-refractivity contribution in [1.29, 1.82) is 0 Å². The van der Waals surface area contributed by atoms with Crippen molar-refractivity contribution < 1.29 is 18.9 Å². The van der Waals surface area contributed by atoms with Gasteiger partial charge in [0.2, 0.25) is 0 Å². The lowest BCUT2D eigenvalue weighted by molar-refractivity contribution is -0.384. The van der Waals surface area contributed by atoms with Crippen LogP contribution in [0.3, 0.4) is 0 Å². The van der Waals surface area contributed by atoms with Crippen LogP contribution in [0.25, 0.3) is 11.0 Å². The molecule has 0 atom stereocenters. The number of hydrogen-bond donors (Lipinski definition) is 1. The Balaban J connectivity index is 1.79. The summed E-state index contributed by atoms with van der Waals surface area (Å²) in [6.45, 7) is 4.12. The van der Waals surface area contributed by atoms with Gasteiger partial charge in [-0.15, -0.1) is 0 Å². The molecule has 0 aliphatic rings. The number of benzene rings is 1. The lowest BCUT2D eigenvalue weighted by Gasteiger charge is -2.04. The molecule has 0 saturated heterocycles. The van der Waals surface area contributed by atoms with E-state index in [9.17, 15) is 14.9 Å². The molecule has 0 radical (unpaired) electrons. The van der Waals surface area contributed by atoms with Crippen molar-refractivity contribution in [2.24, 2.45) is 5.10 Å². The summed E-state index contributed by atoms with van der Waals surface area (Å²) in [4.78, 5) is 22.7. The zero-order valence-corrected chi connectivity index (χ0v) is 15.0. The molecule has 0 aliphatic heterocycles. The number of furan rings is 1. The van der Waals surface area contributed by atoms with Crippen LogP contribution in [0.4, 0.5) is 5.69 Å². The molecular weight excluding hydrogens is 352 g/mol. The van der Waals surface area contributed by atoms with Crippen LogP contribution in [0.2, 0.25) is 0 Å². The summed E-state index contributed by atoms with van der Waals surface area (Å²) in [5, 5.41) is 15.3. The Kier molecular flexibility index (Phi) is 4.93. The van der Waals surface area contributed by atoms with Crippen molar-refractivity contribution in [3.63, 3.8) is 0 Å². The number of nitro benzene ring substituents is 1. The first-order valence-electron chi connectivity index (χ1n) is 8.16. The number of hydrazone groups is 1. The second kappa shape index (κ2) is 7.32. The van der Waals surface area contributed by atoms with Crippen molar-refractivity contribution in [1.82, 2.24) is 9.99 Å².